The molecule has 22 heavy (non-hydrogen) atoms. The quantitative estimate of drug-likeness (QED) is 0.828. The van der Waals surface area contributed by atoms with Crippen molar-refractivity contribution < 1.29 is 18.0 Å². The second-order valence-corrected chi connectivity index (χ2v) is 4.84. The van der Waals surface area contributed by atoms with Gasteiger partial charge in [-0.05, 0) is 6.07 Å². The van der Waals surface area contributed by atoms with Crippen LogP contribution >= 0.6 is 11.6 Å². The summed E-state index contributed by atoms with van der Waals surface area (Å²) in [5.41, 5.74) is 0.000626. The third kappa shape index (κ3) is 2.80. The molecule has 2 N–H and O–H groups in total. The third-order valence-corrected chi connectivity index (χ3v) is 3.17. The number of halogens is 4. The minimum absolute atomic E-state index is 0.1000. The van der Waals surface area contributed by atoms with Crippen LogP contribution in [0, 0.1) is 0 Å². The molecule has 0 aromatic carbocycles. The molecule has 1 aliphatic rings. The maximum Gasteiger partial charge on any atom is 0.420 e. The Morgan fingerprint density at radius 1 is 1.27 bits per heavy atom. The van der Waals surface area contributed by atoms with Crippen molar-refractivity contribution in [2.75, 3.05) is 10.6 Å². The standard InChI is InChI=1S/C12H7ClF3N5O/c13-9-7(12(14,15)16)4-18-11(21-9)19-6-1-5-2-8(22)20-10(5)17-3-6/h1,3-4H,2H2,(H,17,20,22)(H,18,19,21). The molecular formula is C12H7ClF3N5O. The first kappa shape index (κ1) is 14.5. The van der Waals surface area contributed by atoms with E-state index in [-0.39, 0.29) is 18.3 Å². The maximum absolute atomic E-state index is 12.6. The van der Waals surface area contributed by atoms with Gasteiger partial charge in [0.2, 0.25) is 11.9 Å². The van der Waals surface area contributed by atoms with Crippen LogP contribution in [0.1, 0.15) is 11.1 Å². The average molecular weight is 330 g/mol. The van der Waals surface area contributed by atoms with E-state index in [0.717, 1.165) is 0 Å². The van der Waals surface area contributed by atoms with Crippen molar-refractivity contribution in [3.05, 3.63) is 34.7 Å². The lowest BCUT2D eigenvalue weighted by Crippen LogP contribution is -2.09. The van der Waals surface area contributed by atoms with Gasteiger partial charge >= 0.3 is 6.18 Å². The summed E-state index contributed by atoms with van der Waals surface area (Å²) >= 11 is 5.51. The molecule has 3 rings (SSSR count). The zero-order valence-electron chi connectivity index (χ0n) is 10.7. The molecule has 0 fully saturated rings. The molecule has 0 spiro atoms. The zero-order chi connectivity index (χ0) is 15.9. The summed E-state index contributed by atoms with van der Waals surface area (Å²) in [5, 5.41) is 4.56. The Labute approximate surface area is 126 Å². The topological polar surface area (TPSA) is 79.8 Å². The van der Waals surface area contributed by atoms with E-state index in [4.69, 9.17) is 11.6 Å². The van der Waals surface area contributed by atoms with Gasteiger partial charge in [0.15, 0.2) is 0 Å². The fourth-order valence-electron chi connectivity index (χ4n) is 1.92. The van der Waals surface area contributed by atoms with Crippen molar-refractivity contribution in [3.8, 4) is 0 Å². The van der Waals surface area contributed by atoms with E-state index in [1.165, 1.54) is 6.20 Å². The minimum atomic E-state index is -4.61. The predicted molar refractivity (Wildman–Crippen MR) is 71.9 cm³/mol. The van der Waals surface area contributed by atoms with Crippen molar-refractivity contribution in [2.45, 2.75) is 12.6 Å². The Bertz CT molecular complexity index is 765. The van der Waals surface area contributed by atoms with Crippen molar-refractivity contribution >= 4 is 35.0 Å². The Balaban J connectivity index is 1.84. The number of carbonyl (C=O) groups is 1. The molecule has 6 nitrogen and oxygen atoms in total. The summed E-state index contributed by atoms with van der Waals surface area (Å²) in [4.78, 5) is 22.4. The first-order chi connectivity index (χ1) is 10.3. The normalized spacial score (nSPS) is 13.7. The van der Waals surface area contributed by atoms with Crippen molar-refractivity contribution in [1.82, 2.24) is 15.0 Å². The second kappa shape index (κ2) is 5.09. The number of hydrogen-bond acceptors (Lipinski definition) is 5. The van der Waals surface area contributed by atoms with Crippen LogP contribution in [0.4, 0.5) is 30.6 Å². The van der Waals surface area contributed by atoms with Gasteiger partial charge in [-0.1, -0.05) is 11.6 Å². The summed E-state index contributed by atoms with van der Waals surface area (Å²) in [6.45, 7) is 0. The van der Waals surface area contributed by atoms with E-state index in [1.54, 1.807) is 6.07 Å². The molecule has 0 unspecified atom stereocenters. The lowest BCUT2D eigenvalue weighted by molar-refractivity contribution is -0.138. The lowest BCUT2D eigenvalue weighted by Gasteiger charge is -2.10. The van der Waals surface area contributed by atoms with E-state index in [1.807, 2.05) is 0 Å². The number of anilines is 3. The highest BCUT2D eigenvalue weighted by molar-refractivity contribution is 6.30. The first-order valence-electron chi connectivity index (χ1n) is 5.98. The Hall–Kier alpha value is -2.42. The van der Waals surface area contributed by atoms with E-state index in [9.17, 15) is 18.0 Å². The number of hydrogen-bond donors (Lipinski definition) is 2. The predicted octanol–water partition coefficient (Wildman–Crippen LogP) is 2.78. The third-order valence-electron chi connectivity index (χ3n) is 2.88. The van der Waals surface area contributed by atoms with Crippen molar-refractivity contribution in [2.24, 2.45) is 0 Å². The summed E-state index contributed by atoms with van der Waals surface area (Å²) < 4.78 is 37.7. The molecule has 0 saturated carbocycles. The molecule has 1 aliphatic heterocycles. The number of alkyl halides is 3. The van der Waals surface area contributed by atoms with Crippen LogP contribution < -0.4 is 10.6 Å². The van der Waals surface area contributed by atoms with Gasteiger partial charge in [-0.3, -0.25) is 4.79 Å². The Kier molecular flexibility index (Phi) is 3.36. The van der Waals surface area contributed by atoms with Crippen LogP contribution in [0.3, 0.4) is 0 Å². The highest BCUT2D eigenvalue weighted by atomic mass is 35.5. The Morgan fingerprint density at radius 3 is 2.73 bits per heavy atom. The number of aromatic nitrogens is 3. The molecule has 2 aromatic heterocycles. The number of carbonyl (C=O) groups excluding carboxylic acids is 1. The second-order valence-electron chi connectivity index (χ2n) is 4.48. The highest BCUT2D eigenvalue weighted by Gasteiger charge is 2.34. The molecule has 0 radical (unpaired) electrons. The van der Waals surface area contributed by atoms with Gasteiger partial charge in [-0.15, -0.1) is 0 Å². The summed E-state index contributed by atoms with van der Waals surface area (Å²) in [6, 6.07) is 1.63. The number of pyridine rings is 1. The van der Waals surface area contributed by atoms with Gasteiger partial charge < -0.3 is 10.6 Å². The average Bonchev–Trinajstić information content (AvgIpc) is 2.76. The van der Waals surface area contributed by atoms with Crippen LogP contribution in [0.15, 0.2) is 18.5 Å². The van der Waals surface area contributed by atoms with Crippen LogP contribution in [0.5, 0.6) is 0 Å². The number of nitrogens with zero attached hydrogens (tertiary/aromatic N) is 3. The van der Waals surface area contributed by atoms with Crippen LogP contribution in [-0.2, 0) is 17.4 Å². The Morgan fingerprint density at radius 2 is 2.05 bits per heavy atom. The first-order valence-corrected chi connectivity index (χ1v) is 6.36. The van der Waals surface area contributed by atoms with E-state index in [2.05, 4.69) is 25.6 Å². The van der Waals surface area contributed by atoms with Gasteiger partial charge in [0, 0.05) is 11.8 Å². The number of amides is 1. The van der Waals surface area contributed by atoms with Crippen LogP contribution in [0.2, 0.25) is 5.15 Å². The minimum Gasteiger partial charge on any atom is -0.323 e. The molecule has 3 heterocycles. The summed E-state index contributed by atoms with van der Waals surface area (Å²) in [6.07, 6.45) is -2.42. The molecule has 0 aliphatic carbocycles. The van der Waals surface area contributed by atoms with Gasteiger partial charge in [-0.25, -0.2) is 15.0 Å². The van der Waals surface area contributed by atoms with Gasteiger partial charge in [-0.2, -0.15) is 13.2 Å². The molecule has 2 aromatic rings. The molecule has 1 amide bonds. The largest absolute Gasteiger partial charge is 0.420 e. The van der Waals surface area contributed by atoms with Gasteiger partial charge in [0.25, 0.3) is 0 Å². The fourth-order valence-corrected chi connectivity index (χ4v) is 2.15. The van der Waals surface area contributed by atoms with E-state index in [0.29, 0.717) is 23.3 Å². The SMILES string of the molecule is O=C1Cc2cc(Nc3ncc(C(F)(F)F)c(Cl)n3)cnc2N1. The summed E-state index contributed by atoms with van der Waals surface area (Å²) in [7, 11) is 0. The van der Waals surface area contributed by atoms with Crippen LogP contribution in [0.25, 0.3) is 0 Å². The fraction of sp³-hybridized carbons (Fsp3) is 0.167. The lowest BCUT2D eigenvalue weighted by atomic mass is 10.2. The monoisotopic (exact) mass is 329 g/mol. The van der Waals surface area contributed by atoms with Crippen molar-refractivity contribution in [1.29, 1.82) is 0 Å². The molecular weight excluding hydrogens is 323 g/mol. The zero-order valence-corrected chi connectivity index (χ0v) is 11.5. The summed E-state index contributed by atoms with van der Waals surface area (Å²) in [5.74, 6) is 0.187. The molecule has 10 heteroatoms. The molecule has 114 valence electrons. The number of rotatable bonds is 2. The molecule has 0 bridgehead atoms. The smallest absolute Gasteiger partial charge is 0.323 e. The number of fused-ring (bicyclic) bond motifs is 1. The maximum atomic E-state index is 12.6. The molecule has 0 saturated heterocycles. The number of nitrogens with one attached hydrogen (secondary N) is 2. The van der Waals surface area contributed by atoms with Gasteiger partial charge in [0.05, 0.1) is 18.3 Å². The van der Waals surface area contributed by atoms with Gasteiger partial charge in [0.1, 0.15) is 16.5 Å². The molecule has 0 atom stereocenters. The van der Waals surface area contributed by atoms with Crippen LogP contribution in [-0.4, -0.2) is 20.9 Å². The van der Waals surface area contributed by atoms with E-state index < -0.39 is 16.9 Å². The van der Waals surface area contributed by atoms with Crippen molar-refractivity contribution in [3.63, 3.8) is 0 Å². The highest BCUT2D eigenvalue weighted by Crippen LogP contribution is 2.33. The van der Waals surface area contributed by atoms with E-state index >= 15 is 0 Å².